The van der Waals surface area contributed by atoms with Crippen LogP contribution in [0.4, 0.5) is 16.2 Å². The molecule has 0 radical (unpaired) electrons. The molecule has 0 aromatic heterocycles. The largest absolute Gasteiger partial charge is 0.444 e. The van der Waals surface area contributed by atoms with Gasteiger partial charge in [-0.05, 0) is 45.0 Å². The van der Waals surface area contributed by atoms with Gasteiger partial charge in [0.1, 0.15) is 5.60 Å². The number of carbonyl (C=O) groups is 1. The van der Waals surface area contributed by atoms with Crippen molar-refractivity contribution >= 4 is 17.5 Å². The predicted octanol–water partition coefficient (Wildman–Crippen LogP) is 1.92. The molecule has 2 rings (SSSR count). The molecule has 128 valence electrons. The van der Waals surface area contributed by atoms with E-state index in [0.717, 1.165) is 38.4 Å². The number of anilines is 2. The van der Waals surface area contributed by atoms with E-state index < -0.39 is 5.60 Å². The number of nitrogen functional groups attached to an aromatic ring is 1. The second-order valence-electron chi connectivity index (χ2n) is 6.85. The number of carbonyl (C=O) groups excluding carboxylic acids is 1. The molecule has 0 aliphatic carbocycles. The molecule has 0 saturated carbocycles. The van der Waals surface area contributed by atoms with E-state index in [-0.39, 0.29) is 6.09 Å². The number of alkyl carbamates (subject to hydrolysis) is 1. The Kier molecular flexibility index (Phi) is 5.71. The average Bonchev–Trinajstić information content (AvgIpc) is 2.47. The fraction of sp³-hybridized carbons (Fsp3) is 0.588. The molecule has 0 atom stereocenters. The smallest absolute Gasteiger partial charge is 0.407 e. The standard InChI is InChI=1S/C17H28N4O2/c1-17(2,3)23-16(22)19-8-9-20-10-12-21(13-11-20)15-6-4-14(18)5-7-15/h4-7H,8-13,18H2,1-3H3,(H,19,22). The van der Waals surface area contributed by atoms with Crippen molar-refractivity contribution in [1.29, 1.82) is 0 Å². The van der Waals surface area contributed by atoms with Gasteiger partial charge in [-0.2, -0.15) is 0 Å². The summed E-state index contributed by atoms with van der Waals surface area (Å²) >= 11 is 0. The highest BCUT2D eigenvalue weighted by atomic mass is 16.6. The number of ether oxygens (including phenoxy) is 1. The Bertz CT molecular complexity index is 502. The van der Waals surface area contributed by atoms with Gasteiger partial charge in [-0.1, -0.05) is 0 Å². The van der Waals surface area contributed by atoms with Crippen LogP contribution in [0.5, 0.6) is 0 Å². The molecule has 6 heteroatoms. The van der Waals surface area contributed by atoms with Crippen LogP contribution in [0.25, 0.3) is 0 Å². The van der Waals surface area contributed by atoms with Crippen LogP contribution in [0, 0.1) is 0 Å². The van der Waals surface area contributed by atoms with Crippen molar-refractivity contribution in [1.82, 2.24) is 10.2 Å². The maximum Gasteiger partial charge on any atom is 0.407 e. The summed E-state index contributed by atoms with van der Waals surface area (Å²) in [4.78, 5) is 16.3. The van der Waals surface area contributed by atoms with Gasteiger partial charge in [-0.25, -0.2) is 4.79 Å². The first-order chi connectivity index (χ1) is 10.8. The normalized spacial score (nSPS) is 16.2. The highest BCUT2D eigenvalue weighted by molar-refractivity contribution is 5.67. The van der Waals surface area contributed by atoms with Crippen LogP contribution in [0.15, 0.2) is 24.3 Å². The zero-order chi connectivity index (χ0) is 16.9. The van der Waals surface area contributed by atoms with E-state index in [2.05, 4.69) is 27.2 Å². The third kappa shape index (κ3) is 5.98. The Morgan fingerprint density at radius 1 is 1.17 bits per heavy atom. The van der Waals surface area contributed by atoms with Crippen LogP contribution >= 0.6 is 0 Å². The lowest BCUT2D eigenvalue weighted by molar-refractivity contribution is 0.0521. The number of hydrogen-bond acceptors (Lipinski definition) is 5. The molecule has 3 N–H and O–H groups in total. The number of amides is 1. The summed E-state index contributed by atoms with van der Waals surface area (Å²) in [5.74, 6) is 0. The van der Waals surface area contributed by atoms with Crippen molar-refractivity contribution in [3.63, 3.8) is 0 Å². The van der Waals surface area contributed by atoms with Crippen LogP contribution in [0.2, 0.25) is 0 Å². The molecular formula is C17H28N4O2. The number of hydrogen-bond donors (Lipinski definition) is 2. The lowest BCUT2D eigenvalue weighted by atomic mass is 10.2. The van der Waals surface area contributed by atoms with Crippen molar-refractivity contribution < 1.29 is 9.53 Å². The quantitative estimate of drug-likeness (QED) is 0.829. The van der Waals surface area contributed by atoms with Gasteiger partial charge >= 0.3 is 6.09 Å². The predicted molar refractivity (Wildman–Crippen MR) is 93.7 cm³/mol. The van der Waals surface area contributed by atoms with E-state index >= 15 is 0 Å². The number of rotatable bonds is 4. The van der Waals surface area contributed by atoms with Gasteiger partial charge in [-0.15, -0.1) is 0 Å². The average molecular weight is 320 g/mol. The molecule has 1 aliphatic rings. The summed E-state index contributed by atoms with van der Waals surface area (Å²) in [6.45, 7) is 11.0. The zero-order valence-electron chi connectivity index (χ0n) is 14.3. The number of nitrogens with zero attached hydrogens (tertiary/aromatic N) is 2. The number of nitrogens with one attached hydrogen (secondary N) is 1. The van der Waals surface area contributed by atoms with Gasteiger partial charge < -0.3 is 20.7 Å². The van der Waals surface area contributed by atoms with Crippen LogP contribution in [-0.2, 0) is 4.74 Å². The minimum absolute atomic E-state index is 0.349. The van der Waals surface area contributed by atoms with Gasteiger partial charge in [0, 0.05) is 50.6 Å². The monoisotopic (exact) mass is 320 g/mol. The van der Waals surface area contributed by atoms with Crippen LogP contribution in [-0.4, -0.2) is 55.9 Å². The number of piperazine rings is 1. The number of nitrogens with two attached hydrogens (primary N) is 1. The number of benzene rings is 1. The Labute approximate surface area is 138 Å². The molecule has 1 saturated heterocycles. The lowest BCUT2D eigenvalue weighted by Gasteiger charge is -2.36. The first-order valence-corrected chi connectivity index (χ1v) is 8.13. The van der Waals surface area contributed by atoms with Gasteiger partial charge in [0.05, 0.1) is 0 Å². The summed E-state index contributed by atoms with van der Waals surface area (Å²) < 4.78 is 5.22. The van der Waals surface area contributed by atoms with Gasteiger partial charge in [0.25, 0.3) is 0 Å². The Hall–Kier alpha value is -1.95. The van der Waals surface area contributed by atoms with Gasteiger partial charge in [-0.3, -0.25) is 4.90 Å². The zero-order valence-corrected chi connectivity index (χ0v) is 14.3. The van der Waals surface area contributed by atoms with E-state index in [9.17, 15) is 4.79 Å². The molecule has 23 heavy (non-hydrogen) atoms. The summed E-state index contributed by atoms with van der Waals surface area (Å²) in [6.07, 6.45) is -0.349. The Morgan fingerprint density at radius 2 is 1.78 bits per heavy atom. The summed E-state index contributed by atoms with van der Waals surface area (Å²) in [7, 11) is 0. The van der Waals surface area contributed by atoms with Crippen LogP contribution in [0.3, 0.4) is 0 Å². The third-order valence-electron chi connectivity index (χ3n) is 3.73. The molecule has 1 amide bonds. The maximum atomic E-state index is 11.6. The Balaban J connectivity index is 1.67. The second-order valence-corrected chi connectivity index (χ2v) is 6.85. The van der Waals surface area contributed by atoms with Crippen molar-refractivity contribution in [3.8, 4) is 0 Å². The molecule has 1 aromatic carbocycles. The molecule has 0 unspecified atom stereocenters. The first kappa shape index (κ1) is 17.4. The minimum Gasteiger partial charge on any atom is -0.444 e. The van der Waals surface area contributed by atoms with Crippen molar-refractivity contribution in [3.05, 3.63) is 24.3 Å². The second kappa shape index (κ2) is 7.55. The van der Waals surface area contributed by atoms with E-state index in [1.807, 2.05) is 32.9 Å². The molecule has 6 nitrogen and oxygen atoms in total. The van der Waals surface area contributed by atoms with E-state index in [1.165, 1.54) is 5.69 Å². The summed E-state index contributed by atoms with van der Waals surface area (Å²) in [5.41, 5.74) is 7.28. The van der Waals surface area contributed by atoms with E-state index in [4.69, 9.17) is 10.5 Å². The molecular weight excluding hydrogens is 292 g/mol. The fourth-order valence-electron chi connectivity index (χ4n) is 2.55. The highest BCUT2D eigenvalue weighted by Crippen LogP contribution is 2.17. The van der Waals surface area contributed by atoms with Crippen molar-refractivity contribution in [2.75, 3.05) is 49.9 Å². The SMILES string of the molecule is CC(C)(C)OC(=O)NCCN1CCN(c2ccc(N)cc2)CC1. The van der Waals surface area contributed by atoms with Crippen LogP contribution < -0.4 is 16.0 Å². The fourth-order valence-corrected chi connectivity index (χ4v) is 2.55. The minimum atomic E-state index is -0.450. The molecule has 0 bridgehead atoms. The first-order valence-electron chi connectivity index (χ1n) is 8.13. The summed E-state index contributed by atoms with van der Waals surface area (Å²) in [5, 5.41) is 2.81. The molecule has 1 fully saturated rings. The summed E-state index contributed by atoms with van der Waals surface area (Å²) in [6, 6.07) is 8.00. The van der Waals surface area contributed by atoms with Crippen LogP contribution in [0.1, 0.15) is 20.8 Å². The van der Waals surface area contributed by atoms with Crippen molar-refractivity contribution in [2.45, 2.75) is 26.4 Å². The highest BCUT2D eigenvalue weighted by Gasteiger charge is 2.18. The lowest BCUT2D eigenvalue weighted by Crippen LogP contribution is -2.48. The van der Waals surface area contributed by atoms with Crippen molar-refractivity contribution in [2.24, 2.45) is 0 Å². The molecule has 0 spiro atoms. The van der Waals surface area contributed by atoms with Gasteiger partial charge in [0.2, 0.25) is 0 Å². The van der Waals surface area contributed by atoms with Gasteiger partial charge in [0.15, 0.2) is 0 Å². The third-order valence-corrected chi connectivity index (χ3v) is 3.73. The molecule has 1 aromatic rings. The van der Waals surface area contributed by atoms with E-state index in [0.29, 0.717) is 6.54 Å². The molecule has 1 aliphatic heterocycles. The maximum absolute atomic E-state index is 11.6. The van der Waals surface area contributed by atoms with E-state index in [1.54, 1.807) is 0 Å². The Morgan fingerprint density at radius 3 is 2.35 bits per heavy atom. The topological polar surface area (TPSA) is 70.8 Å². The molecule has 1 heterocycles.